The highest BCUT2D eigenvalue weighted by Crippen LogP contribution is 2.51. The van der Waals surface area contributed by atoms with E-state index in [0.717, 1.165) is 5.06 Å². The molecular weight excluding hydrogens is 306 g/mol. The fraction of sp³-hybridized carbons (Fsp3) is 0.867. The van der Waals surface area contributed by atoms with Crippen LogP contribution in [-0.4, -0.2) is 56.3 Å². The summed E-state index contributed by atoms with van der Waals surface area (Å²) in [5.74, 6) is -4.13. The molecule has 2 aliphatic heterocycles. The van der Waals surface area contributed by atoms with Crippen LogP contribution >= 0.6 is 0 Å². The Kier molecular flexibility index (Phi) is 4.49. The summed E-state index contributed by atoms with van der Waals surface area (Å²) >= 11 is 0. The number of carbonyl (C=O) groups is 2. The van der Waals surface area contributed by atoms with Crippen LogP contribution in [0.15, 0.2) is 0 Å². The SMILES string of the molecule is CCC1(CC)CC2(CC(C)(C)N1[O])OC(C(=O)O)C(C(=O)O)O2. The Labute approximate surface area is 134 Å². The number of ether oxygens (including phenoxy) is 2. The molecule has 2 heterocycles. The first-order chi connectivity index (χ1) is 10.5. The first-order valence-corrected chi connectivity index (χ1v) is 7.81. The molecule has 2 saturated heterocycles. The average molecular weight is 330 g/mol. The molecule has 2 unspecified atom stereocenters. The molecule has 1 spiro atoms. The molecule has 8 heteroatoms. The topological polar surface area (TPSA) is 116 Å². The fourth-order valence-electron chi connectivity index (χ4n) is 3.94. The van der Waals surface area contributed by atoms with Crippen molar-refractivity contribution in [1.29, 1.82) is 0 Å². The summed E-state index contributed by atoms with van der Waals surface area (Å²) in [6.07, 6.45) is -1.84. The lowest BCUT2D eigenvalue weighted by molar-refractivity contribution is -0.353. The van der Waals surface area contributed by atoms with E-state index >= 15 is 0 Å². The maximum atomic E-state index is 12.8. The van der Waals surface area contributed by atoms with E-state index < -0.39 is 41.0 Å². The Morgan fingerprint density at radius 3 is 1.83 bits per heavy atom. The standard InChI is InChI=1S/C15H24NO7/c1-5-14(6-2)8-15(7-13(3,4)16(14)21)22-9(11(17)18)10(23-15)12(19)20/h9-10H,5-8H2,1-4H3,(H,17,18)(H,19,20). The average Bonchev–Trinajstić information content (AvgIpc) is 2.82. The maximum Gasteiger partial charge on any atom is 0.336 e. The molecule has 0 aromatic carbocycles. The predicted molar refractivity (Wildman–Crippen MR) is 76.9 cm³/mol. The van der Waals surface area contributed by atoms with E-state index in [1.165, 1.54) is 0 Å². The molecule has 8 nitrogen and oxygen atoms in total. The van der Waals surface area contributed by atoms with E-state index in [2.05, 4.69) is 0 Å². The third kappa shape index (κ3) is 2.84. The molecule has 0 bridgehead atoms. The molecule has 2 N–H and O–H groups in total. The molecule has 1 radical (unpaired) electrons. The Morgan fingerprint density at radius 2 is 1.48 bits per heavy atom. The van der Waals surface area contributed by atoms with Crippen LogP contribution < -0.4 is 0 Å². The van der Waals surface area contributed by atoms with Gasteiger partial charge in [-0.15, -0.1) is 10.3 Å². The number of aliphatic carboxylic acids is 2. The number of carboxylic acids is 2. The molecule has 131 valence electrons. The van der Waals surface area contributed by atoms with E-state index in [4.69, 9.17) is 9.47 Å². The minimum atomic E-state index is -1.58. The number of hydroxylamine groups is 2. The summed E-state index contributed by atoms with van der Waals surface area (Å²) in [6, 6.07) is 0. The van der Waals surface area contributed by atoms with Crippen molar-refractivity contribution >= 4 is 11.9 Å². The van der Waals surface area contributed by atoms with Crippen molar-refractivity contribution in [2.75, 3.05) is 0 Å². The molecule has 0 aliphatic carbocycles. The van der Waals surface area contributed by atoms with E-state index in [1.807, 2.05) is 13.8 Å². The van der Waals surface area contributed by atoms with E-state index in [-0.39, 0.29) is 12.8 Å². The zero-order chi connectivity index (χ0) is 17.6. The summed E-state index contributed by atoms with van der Waals surface area (Å²) in [4.78, 5) is 22.7. The van der Waals surface area contributed by atoms with E-state index in [0.29, 0.717) is 12.8 Å². The summed E-state index contributed by atoms with van der Waals surface area (Å²) in [7, 11) is 0. The van der Waals surface area contributed by atoms with Crippen LogP contribution in [0.3, 0.4) is 0 Å². The zero-order valence-electron chi connectivity index (χ0n) is 13.9. The molecule has 0 saturated carbocycles. The largest absolute Gasteiger partial charge is 0.479 e. The highest BCUT2D eigenvalue weighted by Gasteiger charge is 2.63. The van der Waals surface area contributed by atoms with Crippen LogP contribution in [0.2, 0.25) is 0 Å². The summed E-state index contributed by atoms with van der Waals surface area (Å²) < 4.78 is 11.2. The lowest BCUT2D eigenvalue weighted by Crippen LogP contribution is -2.66. The molecule has 0 aromatic heterocycles. The van der Waals surface area contributed by atoms with E-state index in [1.54, 1.807) is 13.8 Å². The van der Waals surface area contributed by atoms with Gasteiger partial charge in [0, 0.05) is 18.4 Å². The van der Waals surface area contributed by atoms with Gasteiger partial charge in [-0.05, 0) is 26.7 Å². The molecule has 2 fully saturated rings. The Morgan fingerprint density at radius 1 is 1.04 bits per heavy atom. The summed E-state index contributed by atoms with van der Waals surface area (Å²) in [5.41, 5.74) is -1.64. The van der Waals surface area contributed by atoms with Crippen LogP contribution in [0.4, 0.5) is 0 Å². The minimum Gasteiger partial charge on any atom is -0.479 e. The number of hydrogen-bond acceptors (Lipinski definition) is 5. The van der Waals surface area contributed by atoms with Gasteiger partial charge >= 0.3 is 11.9 Å². The second-order valence-corrected chi connectivity index (χ2v) is 7.06. The van der Waals surface area contributed by atoms with Crippen molar-refractivity contribution < 1.29 is 34.5 Å². The van der Waals surface area contributed by atoms with Gasteiger partial charge in [-0.2, -0.15) is 0 Å². The van der Waals surface area contributed by atoms with Crippen LogP contribution in [0.5, 0.6) is 0 Å². The van der Waals surface area contributed by atoms with Gasteiger partial charge in [0.25, 0.3) is 0 Å². The third-order valence-corrected chi connectivity index (χ3v) is 5.04. The number of carboxylic acid groups (broad SMARTS) is 2. The van der Waals surface area contributed by atoms with Gasteiger partial charge in [-0.3, -0.25) is 0 Å². The van der Waals surface area contributed by atoms with Crippen molar-refractivity contribution in [2.45, 2.75) is 82.5 Å². The number of nitrogens with zero attached hydrogens (tertiary/aromatic N) is 1. The van der Waals surface area contributed by atoms with Crippen molar-refractivity contribution in [3.8, 4) is 0 Å². The number of piperidine rings is 1. The Balaban J connectivity index is 2.42. The lowest BCUT2D eigenvalue weighted by atomic mass is 9.73. The van der Waals surface area contributed by atoms with Crippen molar-refractivity contribution in [3.05, 3.63) is 0 Å². The minimum absolute atomic E-state index is 0.110. The summed E-state index contributed by atoms with van der Waals surface area (Å²) in [6.45, 7) is 7.22. The van der Waals surface area contributed by atoms with Gasteiger partial charge in [-0.1, -0.05) is 13.8 Å². The molecular formula is C15H24NO7. The summed E-state index contributed by atoms with van der Waals surface area (Å²) in [5, 5.41) is 32.3. The number of hydrogen-bond donors (Lipinski definition) is 2. The van der Waals surface area contributed by atoms with Gasteiger partial charge in [0.1, 0.15) is 0 Å². The smallest absolute Gasteiger partial charge is 0.336 e. The van der Waals surface area contributed by atoms with Gasteiger partial charge in [0.05, 0.1) is 5.54 Å². The Hall–Kier alpha value is -1.22. The normalized spacial score (nSPS) is 36.2. The van der Waals surface area contributed by atoms with Gasteiger partial charge in [-0.25, -0.2) is 9.59 Å². The van der Waals surface area contributed by atoms with Gasteiger partial charge < -0.3 is 19.7 Å². The van der Waals surface area contributed by atoms with E-state index in [9.17, 15) is 25.0 Å². The zero-order valence-corrected chi connectivity index (χ0v) is 13.9. The quantitative estimate of drug-likeness (QED) is 0.800. The van der Waals surface area contributed by atoms with Crippen LogP contribution in [0.25, 0.3) is 0 Å². The van der Waals surface area contributed by atoms with Crippen molar-refractivity contribution in [3.63, 3.8) is 0 Å². The predicted octanol–water partition coefficient (Wildman–Crippen LogP) is 1.41. The molecule has 0 aromatic rings. The van der Waals surface area contributed by atoms with Gasteiger partial charge in [0.2, 0.25) is 0 Å². The third-order valence-electron chi connectivity index (χ3n) is 5.04. The molecule has 23 heavy (non-hydrogen) atoms. The van der Waals surface area contributed by atoms with Crippen molar-refractivity contribution in [2.24, 2.45) is 0 Å². The molecule has 2 atom stereocenters. The lowest BCUT2D eigenvalue weighted by Gasteiger charge is -2.55. The van der Waals surface area contributed by atoms with Crippen LogP contribution in [0, 0.1) is 0 Å². The number of rotatable bonds is 4. The van der Waals surface area contributed by atoms with Crippen LogP contribution in [0.1, 0.15) is 53.4 Å². The molecule has 0 amide bonds. The monoisotopic (exact) mass is 330 g/mol. The second kappa shape index (κ2) is 5.70. The maximum absolute atomic E-state index is 12.8. The molecule has 2 aliphatic rings. The molecule has 2 rings (SSSR count). The van der Waals surface area contributed by atoms with Crippen molar-refractivity contribution in [1.82, 2.24) is 5.06 Å². The van der Waals surface area contributed by atoms with Crippen LogP contribution in [-0.2, 0) is 24.3 Å². The highest BCUT2D eigenvalue weighted by molar-refractivity contribution is 5.84. The first kappa shape index (κ1) is 18.1. The Bertz CT molecular complexity index is 478. The first-order valence-electron chi connectivity index (χ1n) is 7.81. The highest BCUT2D eigenvalue weighted by atomic mass is 16.8. The fourth-order valence-corrected chi connectivity index (χ4v) is 3.94. The second-order valence-electron chi connectivity index (χ2n) is 7.06. The van der Waals surface area contributed by atoms with Gasteiger partial charge in [0.15, 0.2) is 18.0 Å².